The quantitative estimate of drug-likeness (QED) is 0.839. The van der Waals surface area contributed by atoms with Gasteiger partial charge in [0.2, 0.25) is 0 Å². The summed E-state index contributed by atoms with van der Waals surface area (Å²) >= 11 is 0. The van der Waals surface area contributed by atoms with Crippen LogP contribution in [-0.4, -0.2) is 26.8 Å². The van der Waals surface area contributed by atoms with Crippen LogP contribution in [0.4, 0.5) is 0 Å². The van der Waals surface area contributed by atoms with Gasteiger partial charge in [0.05, 0.1) is 18.2 Å². The van der Waals surface area contributed by atoms with Crippen LogP contribution < -0.4 is 0 Å². The van der Waals surface area contributed by atoms with Crippen LogP contribution >= 0.6 is 0 Å². The molecule has 0 aromatic carbocycles. The SMILES string of the molecule is CCC(CC)C(O)C(=O)Cc1ccn(C2CCCCC2)n1. The van der Waals surface area contributed by atoms with Crippen LogP contribution in [0.2, 0.25) is 0 Å². The summed E-state index contributed by atoms with van der Waals surface area (Å²) in [6, 6.07) is 2.41. The lowest BCUT2D eigenvalue weighted by Gasteiger charge is -2.21. The van der Waals surface area contributed by atoms with E-state index in [0.29, 0.717) is 6.04 Å². The molecule has 1 aromatic rings. The zero-order valence-corrected chi connectivity index (χ0v) is 13.3. The van der Waals surface area contributed by atoms with Crippen molar-refractivity contribution in [1.29, 1.82) is 0 Å². The minimum absolute atomic E-state index is 0.0675. The van der Waals surface area contributed by atoms with E-state index in [0.717, 1.165) is 18.5 Å². The highest BCUT2D eigenvalue weighted by Crippen LogP contribution is 2.27. The standard InChI is InChI=1S/C17H28N2O2/c1-3-13(4-2)17(21)16(20)12-14-10-11-19(18-14)15-8-6-5-7-9-15/h10-11,13,15,17,21H,3-9,12H2,1-2H3. The smallest absolute Gasteiger partial charge is 0.167 e. The van der Waals surface area contributed by atoms with Crippen LogP contribution in [0.5, 0.6) is 0 Å². The number of nitrogens with zero attached hydrogens (tertiary/aromatic N) is 2. The molecule has 1 heterocycles. The molecule has 4 heteroatoms. The lowest BCUT2D eigenvalue weighted by atomic mass is 9.92. The van der Waals surface area contributed by atoms with Gasteiger partial charge in [0.25, 0.3) is 0 Å². The Morgan fingerprint density at radius 3 is 2.62 bits per heavy atom. The number of aliphatic hydroxyl groups is 1. The third-order valence-electron chi connectivity index (χ3n) is 4.79. The number of Topliss-reactive ketones (excluding diaryl/α,β-unsaturated/α-hetero) is 1. The topological polar surface area (TPSA) is 55.1 Å². The van der Waals surface area contributed by atoms with E-state index in [1.807, 2.05) is 30.8 Å². The van der Waals surface area contributed by atoms with Gasteiger partial charge in [-0.15, -0.1) is 0 Å². The fourth-order valence-electron chi connectivity index (χ4n) is 3.30. The highest BCUT2D eigenvalue weighted by Gasteiger charge is 2.24. The number of hydrogen-bond donors (Lipinski definition) is 1. The minimum atomic E-state index is -0.847. The molecule has 0 spiro atoms. The number of carbonyl (C=O) groups excluding carboxylic acids is 1. The predicted molar refractivity (Wildman–Crippen MR) is 83.1 cm³/mol. The van der Waals surface area contributed by atoms with Crippen molar-refractivity contribution in [2.45, 2.75) is 77.4 Å². The molecule has 1 saturated carbocycles. The first-order valence-corrected chi connectivity index (χ1v) is 8.40. The molecule has 1 N–H and O–H groups in total. The van der Waals surface area contributed by atoms with Gasteiger partial charge in [-0.05, 0) is 24.8 Å². The summed E-state index contributed by atoms with van der Waals surface area (Å²) < 4.78 is 2.02. The van der Waals surface area contributed by atoms with Crippen molar-refractivity contribution in [1.82, 2.24) is 9.78 Å². The molecule has 0 amide bonds. The van der Waals surface area contributed by atoms with Gasteiger partial charge in [0, 0.05) is 6.20 Å². The van der Waals surface area contributed by atoms with Gasteiger partial charge in [-0.1, -0.05) is 46.0 Å². The summed E-state index contributed by atoms with van der Waals surface area (Å²) in [4.78, 5) is 12.2. The fraction of sp³-hybridized carbons (Fsp3) is 0.765. The summed E-state index contributed by atoms with van der Waals surface area (Å²) in [5.74, 6) is -0.0319. The van der Waals surface area contributed by atoms with E-state index in [2.05, 4.69) is 5.10 Å². The second-order valence-corrected chi connectivity index (χ2v) is 6.24. The Hall–Kier alpha value is -1.16. The Morgan fingerprint density at radius 1 is 1.33 bits per heavy atom. The predicted octanol–water partition coefficient (Wildman–Crippen LogP) is 3.30. The average Bonchev–Trinajstić information content (AvgIpc) is 2.97. The van der Waals surface area contributed by atoms with Crippen molar-refractivity contribution < 1.29 is 9.90 Å². The van der Waals surface area contributed by atoms with E-state index in [4.69, 9.17) is 0 Å². The first kappa shape index (κ1) is 16.2. The average molecular weight is 292 g/mol. The zero-order valence-electron chi connectivity index (χ0n) is 13.3. The molecule has 1 aliphatic carbocycles. The van der Waals surface area contributed by atoms with E-state index in [1.54, 1.807) is 0 Å². The molecule has 1 aromatic heterocycles. The van der Waals surface area contributed by atoms with Gasteiger partial charge in [0.1, 0.15) is 6.10 Å². The Balaban J connectivity index is 1.93. The molecule has 21 heavy (non-hydrogen) atoms. The van der Waals surface area contributed by atoms with Crippen molar-refractivity contribution in [2.75, 3.05) is 0 Å². The third kappa shape index (κ3) is 4.16. The Morgan fingerprint density at radius 2 is 2.00 bits per heavy atom. The highest BCUT2D eigenvalue weighted by molar-refractivity contribution is 5.84. The van der Waals surface area contributed by atoms with Gasteiger partial charge < -0.3 is 5.11 Å². The molecule has 118 valence electrons. The number of hydrogen-bond acceptors (Lipinski definition) is 3. The second-order valence-electron chi connectivity index (χ2n) is 6.24. The van der Waals surface area contributed by atoms with Crippen LogP contribution in [-0.2, 0) is 11.2 Å². The van der Waals surface area contributed by atoms with Crippen molar-refractivity contribution in [3.63, 3.8) is 0 Å². The molecule has 0 radical (unpaired) electrons. The van der Waals surface area contributed by atoms with Gasteiger partial charge in [-0.3, -0.25) is 9.48 Å². The van der Waals surface area contributed by atoms with Crippen LogP contribution in [0.3, 0.4) is 0 Å². The van der Waals surface area contributed by atoms with E-state index in [9.17, 15) is 9.90 Å². The minimum Gasteiger partial charge on any atom is -0.385 e. The van der Waals surface area contributed by atoms with Gasteiger partial charge in [-0.2, -0.15) is 5.10 Å². The number of carbonyl (C=O) groups is 1. The molecular formula is C17H28N2O2. The molecule has 0 aliphatic heterocycles. The first-order valence-electron chi connectivity index (χ1n) is 8.40. The zero-order chi connectivity index (χ0) is 15.2. The number of rotatable bonds is 7. The summed E-state index contributed by atoms with van der Waals surface area (Å²) in [6.45, 7) is 4.03. The molecule has 1 aliphatic rings. The summed E-state index contributed by atoms with van der Waals surface area (Å²) in [7, 11) is 0. The molecule has 1 unspecified atom stereocenters. The van der Waals surface area contributed by atoms with E-state index < -0.39 is 6.10 Å². The third-order valence-corrected chi connectivity index (χ3v) is 4.79. The molecular weight excluding hydrogens is 264 g/mol. The van der Waals surface area contributed by atoms with E-state index in [-0.39, 0.29) is 18.1 Å². The van der Waals surface area contributed by atoms with E-state index in [1.165, 1.54) is 32.1 Å². The maximum atomic E-state index is 12.2. The maximum Gasteiger partial charge on any atom is 0.167 e. The Bertz CT molecular complexity index is 445. The number of aromatic nitrogens is 2. The van der Waals surface area contributed by atoms with Crippen LogP contribution in [0.15, 0.2) is 12.3 Å². The van der Waals surface area contributed by atoms with Crippen molar-refractivity contribution in [2.24, 2.45) is 5.92 Å². The normalized spacial score (nSPS) is 18.1. The van der Waals surface area contributed by atoms with Gasteiger partial charge in [-0.25, -0.2) is 0 Å². The van der Waals surface area contributed by atoms with Crippen LogP contribution in [0.25, 0.3) is 0 Å². The van der Waals surface area contributed by atoms with E-state index >= 15 is 0 Å². The molecule has 1 fully saturated rings. The van der Waals surface area contributed by atoms with Gasteiger partial charge in [0.15, 0.2) is 5.78 Å². The largest absolute Gasteiger partial charge is 0.385 e. The monoisotopic (exact) mass is 292 g/mol. The maximum absolute atomic E-state index is 12.2. The first-order chi connectivity index (χ1) is 10.2. The molecule has 4 nitrogen and oxygen atoms in total. The Kier molecular flexibility index (Phi) is 5.97. The number of aliphatic hydroxyl groups excluding tert-OH is 1. The molecule has 0 bridgehead atoms. The van der Waals surface area contributed by atoms with Crippen molar-refractivity contribution in [3.8, 4) is 0 Å². The van der Waals surface area contributed by atoms with Gasteiger partial charge >= 0.3 is 0 Å². The fourth-order valence-corrected chi connectivity index (χ4v) is 3.30. The molecule has 0 saturated heterocycles. The summed E-state index contributed by atoms with van der Waals surface area (Å²) in [5, 5.41) is 14.7. The number of ketones is 1. The molecule has 2 rings (SSSR count). The Labute approximate surface area is 127 Å². The van der Waals surface area contributed by atoms with Crippen LogP contribution in [0.1, 0.15) is 70.5 Å². The summed E-state index contributed by atoms with van der Waals surface area (Å²) in [5.41, 5.74) is 0.788. The second kappa shape index (κ2) is 7.74. The van der Waals surface area contributed by atoms with Crippen molar-refractivity contribution >= 4 is 5.78 Å². The lowest BCUT2D eigenvalue weighted by Crippen LogP contribution is -2.30. The summed E-state index contributed by atoms with van der Waals surface area (Å²) in [6.07, 6.45) is 9.29. The lowest BCUT2D eigenvalue weighted by molar-refractivity contribution is -0.129. The molecule has 1 atom stereocenters. The highest BCUT2D eigenvalue weighted by atomic mass is 16.3. The van der Waals surface area contributed by atoms with Crippen molar-refractivity contribution in [3.05, 3.63) is 18.0 Å². The van der Waals surface area contributed by atoms with Crippen LogP contribution in [0, 0.1) is 5.92 Å².